The Bertz CT molecular complexity index is 580. The second-order valence-corrected chi connectivity index (χ2v) is 4.29. The molecule has 1 aromatic carbocycles. The maximum Gasteiger partial charge on any atom is 0.228 e. The zero-order chi connectivity index (χ0) is 13.1. The molecule has 1 heterocycles. The summed E-state index contributed by atoms with van der Waals surface area (Å²) >= 11 is 17.1. The average Bonchev–Trinajstić information content (AvgIpc) is 2.34. The highest BCUT2D eigenvalue weighted by Gasteiger charge is 2.12. The molecule has 0 N–H and O–H groups in total. The minimum Gasteiger partial charge on any atom is -0.438 e. The third kappa shape index (κ3) is 2.83. The van der Waals surface area contributed by atoms with Gasteiger partial charge in [0.05, 0.1) is 16.5 Å². The fourth-order valence-corrected chi connectivity index (χ4v) is 1.85. The summed E-state index contributed by atoms with van der Waals surface area (Å²) in [6.07, 6.45) is 1.24. The van der Waals surface area contributed by atoms with Gasteiger partial charge >= 0.3 is 0 Å². The molecule has 0 amide bonds. The Morgan fingerprint density at radius 3 is 2.67 bits per heavy atom. The Morgan fingerprint density at radius 2 is 2.00 bits per heavy atom. The largest absolute Gasteiger partial charge is 0.438 e. The van der Waals surface area contributed by atoms with Crippen molar-refractivity contribution in [3.05, 3.63) is 46.1 Å². The number of alkyl halides is 1. The van der Waals surface area contributed by atoms with Gasteiger partial charge in [0, 0.05) is 6.07 Å². The molecule has 0 aliphatic carbocycles. The smallest absolute Gasteiger partial charge is 0.228 e. The summed E-state index contributed by atoms with van der Waals surface area (Å²) in [5.41, 5.74) is 0.441. The summed E-state index contributed by atoms with van der Waals surface area (Å²) in [7, 11) is 0. The van der Waals surface area contributed by atoms with Gasteiger partial charge in [-0.3, -0.25) is 0 Å². The van der Waals surface area contributed by atoms with Crippen LogP contribution in [-0.2, 0) is 5.88 Å². The van der Waals surface area contributed by atoms with Gasteiger partial charge in [0.1, 0.15) is 23.0 Å². The molecule has 2 aromatic rings. The fourth-order valence-electron chi connectivity index (χ4n) is 1.23. The van der Waals surface area contributed by atoms with Gasteiger partial charge in [-0.25, -0.2) is 14.4 Å². The minimum absolute atomic E-state index is 0.0145. The number of halogens is 4. The topological polar surface area (TPSA) is 35.0 Å². The molecule has 18 heavy (non-hydrogen) atoms. The van der Waals surface area contributed by atoms with E-state index in [1.54, 1.807) is 0 Å². The molecule has 3 nitrogen and oxygen atoms in total. The van der Waals surface area contributed by atoms with Gasteiger partial charge in [-0.15, -0.1) is 11.6 Å². The van der Waals surface area contributed by atoms with E-state index in [4.69, 9.17) is 39.5 Å². The molecular formula is C11H6Cl3FN2O. The van der Waals surface area contributed by atoms with Crippen LogP contribution in [0.5, 0.6) is 11.6 Å². The Hall–Kier alpha value is -1.10. The highest BCUT2D eigenvalue weighted by molar-refractivity contribution is 6.31. The quantitative estimate of drug-likeness (QED) is 0.620. The number of hydrogen-bond acceptors (Lipinski definition) is 3. The molecular weight excluding hydrogens is 301 g/mol. The summed E-state index contributed by atoms with van der Waals surface area (Å²) in [5, 5.41) is 0.213. The van der Waals surface area contributed by atoms with Crippen LogP contribution in [0.1, 0.15) is 5.56 Å². The molecule has 0 atom stereocenters. The zero-order valence-electron chi connectivity index (χ0n) is 8.83. The zero-order valence-corrected chi connectivity index (χ0v) is 11.1. The second kappa shape index (κ2) is 5.69. The predicted octanol–water partition coefficient (Wildman–Crippen LogP) is 4.45. The summed E-state index contributed by atoms with van der Waals surface area (Å²) < 4.78 is 18.6. The number of nitrogens with zero attached hydrogens (tertiary/aromatic N) is 2. The van der Waals surface area contributed by atoms with E-state index in [1.807, 2.05) is 0 Å². The van der Waals surface area contributed by atoms with Crippen molar-refractivity contribution in [2.45, 2.75) is 5.88 Å². The predicted molar refractivity (Wildman–Crippen MR) is 68.1 cm³/mol. The number of hydrogen-bond donors (Lipinski definition) is 0. The highest BCUT2D eigenvalue weighted by Crippen LogP contribution is 2.29. The minimum atomic E-state index is -0.582. The van der Waals surface area contributed by atoms with Crippen molar-refractivity contribution in [1.29, 1.82) is 0 Å². The Balaban J connectivity index is 2.34. The van der Waals surface area contributed by atoms with Crippen LogP contribution in [0, 0.1) is 5.82 Å². The molecule has 7 heteroatoms. The fraction of sp³-hybridized carbons (Fsp3) is 0.0909. The van der Waals surface area contributed by atoms with Crippen molar-refractivity contribution in [3.63, 3.8) is 0 Å². The van der Waals surface area contributed by atoms with Gasteiger partial charge < -0.3 is 4.74 Å². The molecule has 0 fully saturated rings. The van der Waals surface area contributed by atoms with Crippen LogP contribution in [-0.4, -0.2) is 9.97 Å². The van der Waals surface area contributed by atoms with Crippen LogP contribution in [0.2, 0.25) is 10.2 Å². The third-order valence-electron chi connectivity index (χ3n) is 2.09. The molecule has 0 saturated heterocycles. The lowest BCUT2D eigenvalue weighted by Crippen LogP contribution is -1.96. The summed E-state index contributed by atoms with van der Waals surface area (Å²) in [6, 6.07) is 4.05. The third-order valence-corrected chi connectivity index (χ3v) is 2.99. The molecule has 0 radical (unpaired) electrons. The van der Waals surface area contributed by atoms with E-state index in [2.05, 4.69) is 9.97 Å². The number of benzene rings is 1. The van der Waals surface area contributed by atoms with Crippen molar-refractivity contribution >= 4 is 34.8 Å². The summed E-state index contributed by atoms with van der Waals surface area (Å²) in [6.45, 7) is 0. The van der Waals surface area contributed by atoms with Gasteiger partial charge in [-0.1, -0.05) is 23.2 Å². The molecule has 0 aliphatic heterocycles. The van der Waals surface area contributed by atoms with Crippen molar-refractivity contribution < 1.29 is 9.13 Å². The Kier molecular flexibility index (Phi) is 4.22. The maximum atomic E-state index is 13.2. The number of ether oxygens (including phenoxy) is 1. The Morgan fingerprint density at radius 1 is 1.22 bits per heavy atom. The summed E-state index contributed by atoms with van der Waals surface area (Å²) in [5.74, 6) is -0.0584. The number of rotatable bonds is 3. The van der Waals surface area contributed by atoms with Crippen molar-refractivity contribution in [3.8, 4) is 11.6 Å². The highest BCUT2D eigenvalue weighted by atomic mass is 35.5. The maximum absolute atomic E-state index is 13.2. The van der Waals surface area contributed by atoms with Crippen LogP contribution >= 0.6 is 34.8 Å². The first-order chi connectivity index (χ1) is 8.61. The van der Waals surface area contributed by atoms with Crippen LogP contribution in [0.15, 0.2) is 24.5 Å². The number of aromatic nitrogens is 2. The molecule has 2 rings (SSSR count). The molecule has 0 aliphatic rings. The van der Waals surface area contributed by atoms with E-state index in [1.165, 1.54) is 18.5 Å². The lowest BCUT2D eigenvalue weighted by molar-refractivity contribution is 0.452. The lowest BCUT2D eigenvalue weighted by atomic mass is 10.3. The monoisotopic (exact) mass is 306 g/mol. The molecule has 0 bridgehead atoms. The molecule has 0 spiro atoms. The van der Waals surface area contributed by atoms with Crippen molar-refractivity contribution in [2.24, 2.45) is 0 Å². The molecule has 0 unspecified atom stereocenters. The molecule has 1 aromatic heterocycles. The van der Waals surface area contributed by atoms with E-state index >= 15 is 0 Å². The van der Waals surface area contributed by atoms with E-state index < -0.39 is 5.82 Å². The average molecular weight is 308 g/mol. The van der Waals surface area contributed by atoms with Gasteiger partial charge in [-0.05, 0) is 12.1 Å². The van der Waals surface area contributed by atoms with E-state index in [-0.39, 0.29) is 27.7 Å². The van der Waals surface area contributed by atoms with Crippen LogP contribution < -0.4 is 4.74 Å². The SMILES string of the molecule is Fc1cc(Oc2ncnc(Cl)c2CCl)ccc1Cl. The second-order valence-electron chi connectivity index (χ2n) is 3.26. The normalized spacial score (nSPS) is 10.4. The van der Waals surface area contributed by atoms with Gasteiger partial charge in [0.15, 0.2) is 0 Å². The standard InChI is InChI=1S/C11H6Cl3FN2O/c12-4-7-10(14)16-5-17-11(7)18-6-1-2-8(13)9(15)3-6/h1-3,5H,4H2. The Labute approximate surface area is 117 Å². The van der Waals surface area contributed by atoms with Crippen LogP contribution in [0.4, 0.5) is 4.39 Å². The molecule has 94 valence electrons. The van der Waals surface area contributed by atoms with E-state index in [0.717, 1.165) is 6.07 Å². The molecule has 0 saturated carbocycles. The van der Waals surface area contributed by atoms with Crippen LogP contribution in [0.3, 0.4) is 0 Å². The van der Waals surface area contributed by atoms with E-state index in [0.29, 0.717) is 5.56 Å². The van der Waals surface area contributed by atoms with Gasteiger partial charge in [-0.2, -0.15) is 0 Å². The lowest BCUT2D eigenvalue weighted by Gasteiger charge is -2.09. The van der Waals surface area contributed by atoms with Gasteiger partial charge in [0.2, 0.25) is 5.88 Å². The van der Waals surface area contributed by atoms with E-state index in [9.17, 15) is 4.39 Å². The van der Waals surface area contributed by atoms with Gasteiger partial charge in [0.25, 0.3) is 0 Å². The van der Waals surface area contributed by atoms with Crippen molar-refractivity contribution in [2.75, 3.05) is 0 Å². The summed E-state index contributed by atoms with van der Waals surface area (Å²) in [4.78, 5) is 7.68. The first kappa shape index (κ1) is 13.3. The van der Waals surface area contributed by atoms with Crippen LogP contribution in [0.25, 0.3) is 0 Å². The first-order valence-electron chi connectivity index (χ1n) is 4.80. The first-order valence-corrected chi connectivity index (χ1v) is 6.09. The van der Waals surface area contributed by atoms with Crippen molar-refractivity contribution in [1.82, 2.24) is 9.97 Å².